The monoisotopic (exact) mass is 307 g/mol. The molecule has 0 bridgehead atoms. The van der Waals surface area contributed by atoms with Gasteiger partial charge in [-0.05, 0) is 36.6 Å². The number of carbonyl (C=O) groups is 1. The van der Waals surface area contributed by atoms with Crippen molar-refractivity contribution in [2.75, 3.05) is 0 Å². The highest BCUT2D eigenvalue weighted by atomic mass is 35.5. The van der Waals surface area contributed by atoms with E-state index in [9.17, 15) is 9.90 Å². The summed E-state index contributed by atoms with van der Waals surface area (Å²) in [5.74, 6) is -0.238. The Hall–Kier alpha value is -1.81. The molecule has 0 aliphatic rings. The number of rotatable bonds is 6. The zero-order valence-electron chi connectivity index (χ0n) is 12.0. The number of aliphatic carboxylic acids is 1. The van der Waals surface area contributed by atoms with E-state index in [1.54, 1.807) is 24.4 Å². The molecule has 0 saturated carbocycles. The Bertz CT molecular complexity index is 644. The average Bonchev–Trinajstić information content (AvgIpc) is 2.49. The summed E-state index contributed by atoms with van der Waals surface area (Å²) >= 11 is 6.12. The van der Waals surface area contributed by atoms with Crippen molar-refractivity contribution in [3.05, 3.63) is 35.5 Å². The Morgan fingerprint density at radius 2 is 2.19 bits per heavy atom. The van der Waals surface area contributed by atoms with Crippen LogP contribution in [0.25, 0.3) is 10.9 Å². The van der Waals surface area contributed by atoms with E-state index in [1.807, 2.05) is 19.9 Å². The number of nitrogens with zero attached hydrogens (tertiary/aromatic N) is 1. The lowest BCUT2D eigenvalue weighted by Crippen LogP contribution is -2.29. The first kappa shape index (κ1) is 15.6. The van der Waals surface area contributed by atoms with Crippen molar-refractivity contribution in [2.45, 2.75) is 32.8 Å². The number of hydrogen-bond donors (Lipinski definition) is 1. The maximum Gasteiger partial charge on any atom is 0.344 e. The number of carboxylic acid groups (broad SMARTS) is 1. The topological polar surface area (TPSA) is 59.4 Å². The molecule has 2 aromatic rings. The summed E-state index contributed by atoms with van der Waals surface area (Å²) in [5.41, 5.74) is 0.584. The predicted octanol–water partition coefficient (Wildman–Crippen LogP) is 4.16. The number of aromatic nitrogens is 1. The van der Waals surface area contributed by atoms with Crippen molar-refractivity contribution in [3.8, 4) is 5.75 Å². The summed E-state index contributed by atoms with van der Waals surface area (Å²) < 4.78 is 5.70. The van der Waals surface area contributed by atoms with Crippen LogP contribution in [0.5, 0.6) is 5.75 Å². The molecule has 0 saturated heterocycles. The minimum absolute atomic E-state index is 0.276. The van der Waals surface area contributed by atoms with Gasteiger partial charge in [-0.15, -0.1) is 0 Å². The Labute approximate surface area is 128 Å². The Morgan fingerprint density at radius 3 is 2.86 bits per heavy atom. The number of ether oxygens (including phenoxy) is 1. The summed E-state index contributed by atoms with van der Waals surface area (Å²) in [6.07, 6.45) is 2.12. The van der Waals surface area contributed by atoms with Crippen LogP contribution in [0, 0.1) is 5.92 Å². The minimum atomic E-state index is -0.964. The quantitative estimate of drug-likeness (QED) is 0.870. The highest BCUT2D eigenvalue weighted by Crippen LogP contribution is 2.31. The van der Waals surface area contributed by atoms with Gasteiger partial charge in [0.25, 0.3) is 0 Å². The van der Waals surface area contributed by atoms with Crippen LogP contribution in [0.1, 0.15) is 26.7 Å². The summed E-state index contributed by atoms with van der Waals surface area (Å²) in [6, 6.07) is 6.99. The Morgan fingerprint density at radius 1 is 1.43 bits per heavy atom. The predicted molar refractivity (Wildman–Crippen MR) is 82.9 cm³/mol. The van der Waals surface area contributed by atoms with Crippen molar-refractivity contribution < 1.29 is 14.6 Å². The molecule has 0 spiro atoms. The molecular weight excluding hydrogens is 290 g/mol. The third-order valence-corrected chi connectivity index (χ3v) is 3.87. The van der Waals surface area contributed by atoms with Crippen molar-refractivity contribution in [1.82, 2.24) is 4.98 Å². The molecule has 1 aromatic carbocycles. The first-order chi connectivity index (χ1) is 10.0. The fourth-order valence-electron chi connectivity index (χ4n) is 2.09. The molecule has 1 N–H and O–H groups in total. The van der Waals surface area contributed by atoms with Crippen LogP contribution in [0.15, 0.2) is 30.5 Å². The van der Waals surface area contributed by atoms with Crippen molar-refractivity contribution in [1.29, 1.82) is 0 Å². The molecule has 1 heterocycles. The van der Waals surface area contributed by atoms with Crippen LogP contribution in [-0.4, -0.2) is 22.2 Å². The van der Waals surface area contributed by atoms with Gasteiger partial charge in [-0.1, -0.05) is 31.9 Å². The number of hydrogen-bond acceptors (Lipinski definition) is 3. The molecule has 0 aliphatic carbocycles. The summed E-state index contributed by atoms with van der Waals surface area (Å²) in [4.78, 5) is 15.6. The van der Waals surface area contributed by atoms with Crippen molar-refractivity contribution in [3.63, 3.8) is 0 Å². The van der Waals surface area contributed by atoms with Gasteiger partial charge in [0.2, 0.25) is 0 Å². The molecule has 2 unspecified atom stereocenters. The van der Waals surface area contributed by atoms with Gasteiger partial charge in [0, 0.05) is 11.6 Å². The van der Waals surface area contributed by atoms with Gasteiger partial charge in [-0.2, -0.15) is 0 Å². The minimum Gasteiger partial charge on any atom is -0.479 e. The van der Waals surface area contributed by atoms with Crippen LogP contribution in [0.4, 0.5) is 0 Å². The highest BCUT2D eigenvalue weighted by Gasteiger charge is 2.23. The third-order valence-electron chi connectivity index (χ3n) is 3.54. The van der Waals surface area contributed by atoms with E-state index < -0.39 is 12.1 Å². The molecule has 0 radical (unpaired) electrons. The summed E-state index contributed by atoms with van der Waals surface area (Å²) in [5, 5.41) is 10.7. The van der Waals surface area contributed by atoms with Gasteiger partial charge >= 0.3 is 5.97 Å². The average molecular weight is 308 g/mol. The van der Waals surface area contributed by atoms with Crippen molar-refractivity contribution >= 4 is 28.5 Å². The maximum absolute atomic E-state index is 11.4. The van der Waals surface area contributed by atoms with E-state index in [-0.39, 0.29) is 5.92 Å². The molecule has 112 valence electrons. The van der Waals surface area contributed by atoms with Gasteiger partial charge in [0.1, 0.15) is 11.3 Å². The molecule has 2 rings (SSSR count). The Balaban J connectivity index is 2.33. The lowest BCUT2D eigenvalue weighted by Gasteiger charge is -2.19. The lowest BCUT2D eigenvalue weighted by atomic mass is 10.0. The molecular formula is C16H18ClNO3. The third kappa shape index (κ3) is 3.64. The van der Waals surface area contributed by atoms with Gasteiger partial charge in [0.05, 0.1) is 5.02 Å². The second kappa shape index (κ2) is 6.76. The standard InChI is InChI=1S/C16H18ClNO3/c1-3-10(2)9-14(16(19)20)21-13-7-6-12(17)11-5-4-8-18-15(11)13/h4-8,10,14H,3,9H2,1-2H3,(H,19,20). The molecule has 1 aromatic heterocycles. The maximum atomic E-state index is 11.4. The lowest BCUT2D eigenvalue weighted by molar-refractivity contribution is -0.145. The second-order valence-corrected chi connectivity index (χ2v) is 5.55. The molecule has 5 heteroatoms. The molecule has 2 atom stereocenters. The fraction of sp³-hybridized carbons (Fsp3) is 0.375. The number of fused-ring (bicyclic) bond motifs is 1. The fourth-order valence-corrected chi connectivity index (χ4v) is 2.31. The first-order valence-electron chi connectivity index (χ1n) is 6.95. The van der Waals surface area contributed by atoms with Crippen LogP contribution >= 0.6 is 11.6 Å². The first-order valence-corrected chi connectivity index (χ1v) is 7.33. The largest absolute Gasteiger partial charge is 0.479 e. The van der Waals surface area contributed by atoms with Crippen LogP contribution < -0.4 is 4.74 Å². The Kier molecular flexibility index (Phi) is 5.02. The number of pyridine rings is 1. The molecule has 21 heavy (non-hydrogen) atoms. The molecule has 0 aliphatic heterocycles. The highest BCUT2D eigenvalue weighted by molar-refractivity contribution is 6.35. The molecule has 0 amide bonds. The normalized spacial score (nSPS) is 13.9. The number of benzene rings is 1. The number of halogens is 1. The van der Waals surface area contributed by atoms with Gasteiger partial charge in [0.15, 0.2) is 6.10 Å². The summed E-state index contributed by atoms with van der Waals surface area (Å²) in [7, 11) is 0. The van der Waals surface area contributed by atoms with E-state index in [4.69, 9.17) is 16.3 Å². The van der Waals surface area contributed by atoms with E-state index in [0.717, 1.165) is 11.8 Å². The van der Waals surface area contributed by atoms with Gasteiger partial charge in [-0.25, -0.2) is 4.79 Å². The zero-order valence-corrected chi connectivity index (χ0v) is 12.8. The molecule has 4 nitrogen and oxygen atoms in total. The zero-order chi connectivity index (χ0) is 15.4. The van der Waals surface area contributed by atoms with Crippen LogP contribution in [0.3, 0.4) is 0 Å². The van der Waals surface area contributed by atoms with E-state index in [2.05, 4.69) is 4.98 Å². The van der Waals surface area contributed by atoms with E-state index >= 15 is 0 Å². The number of carboxylic acids is 1. The molecule has 0 fully saturated rings. The second-order valence-electron chi connectivity index (χ2n) is 5.14. The van der Waals surface area contributed by atoms with Gasteiger partial charge in [-0.3, -0.25) is 4.98 Å². The van der Waals surface area contributed by atoms with Crippen molar-refractivity contribution in [2.24, 2.45) is 5.92 Å². The van der Waals surface area contributed by atoms with E-state index in [1.165, 1.54) is 0 Å². The van der Waals surface area contributed by atoms with Gasteiger partial charge < -0.3 is 9.84 Å². The van der Waals surface area contributed by atoms with Crippen LogP contribution in [-0.2, 0) is 4.79 Å². The SMILES string of the molecule is CCC(C)CC(Oc1ccc(Cl)c2cccnc12)C(=O)O. The van der Waals surface area contributed by atoms with E-state index in [0.29, 0.717) is 22.7 Å². The summed E-state index contributed by atoms with van der Waals surface area (Å²) in [6.45, 7) is 4.04. The van der Waals surface area contributed by atoms with Crippen LogP contribution in [0.2, 0.25) is 5.02 Å². The smallest absolute Gasteiger partial charge is 0.344 e.